The van der Waals surface area contributed by atoms with Crippen molar-refractivity contribution in [3.63, 3.8) is 0 Å². The Balaban J connectivity index is 5.29. The Bertz CT molecular complexity index is 294. The second-order valence-electron chi connectivity index (χ2n) is 6.96. The lowest BCUT2D eigenvalue weighted by Gasteiger charge is -2.33. The predicted octanol–water partition coefficient (Wildman–Crippen LogP) is 5.00. The quantitative estimate of drug-likeness (QED) is 0.624. The smallest absolute Gasteiger partial charge is 0.0309 e. The lowest BCUT2D eigenvalue weighted by atomic mass is 9.85. The Hall–Kier alpha value is -0.720. The minimum Gasteiger partial charge on any atom is -0.375 e. The van der Waals surface area contributed by atoms with Crippen LogP contribution in [0.3, 0.4) is 0 Å². The summed E-state index contributed by atoms with van der Waals surface area (Å²) in [4.78, 5) is 2.30. The first-order valence-corrected chi connectivity index (χ1v) is 6.61. The Morgan fingerprint density at radius 2 is 1.53 bits per heavy atom. The minimum atomic E-state index is 0.171. The van der Waals surface area contributed by atoms with Crippen LogP contribution in [0, 0.1) is 5.41 Å². The number of nitrogens with zero attached hydrogens (tertiary/aromatic N) is 1. The first-order chi connectivity index (χ1) is 7.48. The van der Waals surface area contributed by atoms with Crippen molar-refractivity contribution < 1.29 is 0 Å². The van der Waals surface area contributed by atoms with Crippen LogP contribution < -0.4 is 0 Å². The van der Waals surface area contributed by atoms with E-state index in [1.54, 1.807) is 0 Å². The molecule has 0 N–H and O–H groups in total. The van der Waals surface area contributed by atoms with Gasteiger partial charge in [-0.25, -0.2) is 0 Å². The van der Waals surface area contributed by atoms with Crippen molar-refractivity contribution in [3.05, 3.63) is 23.4 Å². The van der Waals surface area contributed by atoms with Crippen LogP contribution in [0.2, 0.25) is 0 Å². The zero-order valence-electron chi connectivity index (χ0n) is 13.3. The summed E-state index contributed by atoms with van der Waals surface area (Å²) in [7, 11) is 2.15. The predicted molar refractivity (Wildman–Crippen MR) is 79.1 cm³/mol. The normalized spacial score (nSPS) is 15.1. The summed E-state index contributed by atoms with van der Waals surface area (Å²) < 4.78 is 0. The van der Waals surface area contributed by atoms with E-state index >= 15 is 0 Å². The van der Waals surface area contributed by atoms with E-state index in [-0.39, 0.29) is 11.0 Å². The minimum absolute atomic E-state index is 0.171. The van der Waals surface area contributed by atoms with Crippen LogP contribution in [0.25, 0.3) is 0 Å². The summed E-state index contributed by atoms with van der Waals surface area (Å²) in [5, 5.41) is 0. The van der Waals surface area contributed by atoms with Crippen molar-refractivity contribution in [2.24, 2.45) is 5.41 Å². The molecule has 0 bridgehead atoms. The van der Waals surface area contributed by atoms with Gasteiger partial charge in [0.1, 0.15) is 0 Å². The molecule has 0 radical (unpaired) electrons. The van der Waals surface area contributed by atoms with Crippen molar-refractivity contribution in [3.8, 4) is 0 Å². The Morgan fingerprint density at radius 3 is 1.82 bits per heavy atom. The van der Waals surface area contributed by atoms with E-state index in [1.807, 2.05) is 0 Å². The second kappa shape index (κ2) is 5.75. The molecule has 0 rings (SSSR count). The lowest BCUT2D eigenvalue weighted by molar-refractivity contribution is 0.245. The molecule has 0 aliphatic carbocycles. The van der Waals surface area contributed by atoms with Crippen molar-refractivity contribution in [2.75, 3.05) is 7.05 Å². The molecule has 0 aliphatic rings. The number of allylic oxidation sites excluding steroid dienone is 3. The van der Waals surface area contributed by atoms with Gasteiger partial charge in [-0.15, -0.1) is 0 Å². The molecule has 100 valence electrons. The highest BCUT2D eigenvalue weighted by molar-refractivity contribution is 5.27. The SMILES string of the molecule is CC/C(C)=C\C(=C/N(C)C(C)(C)C)C(C)(C)C. The van der Waals surface area contributed by atoms with E-state index in [0.29, 0.717) is 0 Å². The van der Waals surface area contributed by atoms with Gasteiger partial charge in [-0.05, 0) is 45.1 Å². The molecule has 1 heteroatoms. The van der Waals surface area contributed by atoms with E-state index in [1.165, 1.54) is 11.1 Å². The van der Waals surface area contributed by atoms with Gasteiger partial charge in [-0.1, -0.05) is 39.3 Å². The van der Waals surface area contributed by atoms with Gasteiger partial charge < -0.3 is 4.90 Å². The first kappa shape index (κ1) is 16.3. The average molecular weight is 237 g/mol. The van der Waals surface area contributed by atoms with Crippen molar-refractivity contribution in [1.29, 1.82) is 0 Å². The van der Waals surface area contributed by atoms with Gasteiger partial charge in [0.15, 0.2) is 0 Å². The van der Waals surface area contributed by atoms with Crippen LogP contribution in [-0.4, -0.2) is 17.5 Å². The fraction of sp³-hybridized carbons (Fsp3) is 0.750. The van der Waals surface area contributed by atoms with E-state index in [0.717, 1.165) is 6.42 Å². The fourth-order valence-corrected chi connectivity index (χ4v) is 1.22. The summed E-state index contributed by atoms with van der Waals surface area (Å²) >= 11 is 0. The zero-order chi connectivity index (χ0) is 13.9. The van der Waals surface area contributed by atoms with Crippen molar-refractivity contribution in [1.82, 2.24) is 4.90 Å². The molecular formula is C16H31N. The number of rotatable bonds is 3. The second-order valence-corrected chi connectivity index (χ2v) is 6.96. The molecule has 0 fully saturated rings. The Kier molecular flexibility index (Phi) is 5.51. The van der Waals surface area contributed by atoms with Crippen LogP contribution in [-0.2, 0) is 0 Å². The highest BCUT2D eigenvalue weighted by Gasteiger charge is 2.19. The van der Waals surface area contributed by atoms with Crippen LogP contribution in [0.5, 0.6) is 0 Å². The summed E-state index contributed by atoms with van der Waals surface area (Å²) in [6.07, 6.45) is 5.74. The molecule has 0 saturated carbocycles. The van der Waals surface area contributed by atoms with Crippen molar-refractivity contribution >= 4 is 0 Å². The highest BCUT2D eigenvalue weighted by Crippen LogP contribution is 2.29. The first-order valence-electron chi connectivity index (χ1n) is 6.61. The molecule has 0 aliphatic heterocycles. The summed E-state index contributed by atoms with van der Waals surface area (Å²) in [5.74, 6) is 0. The third kappa shape index (κ3) is 5.95. The molecule has 0 aromatic carbocycles. The number of hydrogen-bond acceptors (Lipinski definition) is 1. The van der Waals surface area contributed by atoms with Crippen LogP contribution in [0.15, 0.2) is 23.4 Å². The maximum absolute atomic E-state index is 2.34. The average Bonchev–Trinajstić information content (AvgIpc) is 2.13. The molecule has 0 spiro atoms. The van der Waals surface area contributed by atoms with Crippen LogP contribution in [0.4, 0.5) is 0 Å². The Labute approximate surface area is 109 Å². The summed E-state index contributed by atoms with van der Waals surface area (Å²) in [6.45, 7) is 17.9. The van der Waals surface area contributed by atoms with Crippen LogP contribution in [0.1, 0.15) is 61.8 Å². The monoisotopic (exact) mass is 237 g/mol. The standard InChI is InChI=1S/C16H31N/c1-10-13(2)11-14(15(3,4)5)12-17(9)16(6,7)8/h11-12H,10H2,1-9H3/b13-11-,14-12+. The molecule has 0 aromatic rings. The molecule has 0 aromatic heterocycles. The van der Waals surface area contributed by atoms with Gasteiger partial charge >= 0.3 is 0 Å². The molecule has 0 unspecified atom stereocenters. The van der Waals surface area contributed by atoms with E-state index in [2.05, 4.69) is 79.6 Å². The van der Waals surface area contributed by atoms with Gasteiger partial charge in [-0.2, -0.15) is 0 Å². The number of hydrogen-bond donors (Lipinski definition) is 0. The highest BCUT2D eigenvalue weighted by atomic mass is 15.1. The summed E-state index contributed by atoms with van der Waals surface area (Å²) in [6, 6.07) is 0. The molecule has 1 nitrogen and oxygen atoms in total. The summed E-state index contributed by atoms with van der Waals surface area (Å²) in [5.41, 5.74) is 3.20. The largest absolute Gasteiger partial charge is 0.375 e. The van der Waals surface area contributed by atoms with E-state index in [4.69, 9.17) is 0 Å². The molecule has 17 heavy (non-hydrogen) atoms. The molecule has 0 atom stereocenters. The Morgan fingerprint density at radius 1 is 1.06 bits per heavy atom. The van der Waals surface area contributed by atoms with Gasteiger partial charge in [0, 0.05) is 18.8 Å². The maximum Gasteiger partial charge on any atom is 0.0309 e. The van der Waals surface area contributed by atoms with Gasteiger partial charge in [0.2, 0.25) is 0 Å². The van der Waals surface area contributed by atoms with Crippen molar-refractivity contribution in [2.45, 2.75) is 67.3 Å². The molecule has 0 heterocycles. The van der Waals surface area contributed by atoms with Crippen LogP contribution >= 0.6 is 0 Å². The van der Waals surface area contributed by atoms with E-state index < -0.39 is 0 Å². The molecular weight excluding hydrogens is 206 g/mol. The van der Waals surface area contributed by atoms with Gasteiger partial charge in [0.05, 0.1) is 0 Å². The van der Waals surface area contributed by atoms with Gasteiger partial charge in [-0.3, -0.25) is 0 Å². The zero-order valence-corrected chi connectivity index (χ0v) is 13.3. The van der Waals surface area contributed by atoms with Gasteiger partial charge in [0.25, 0.3) is 0 Å². The third-order valence-corrected chi connectivity index (χ3v) is 3.22. The molecule has 0 amide bonds. The maximum atomic E-state index is 2.34. The van der Waals surface area contributed by atoms with E-state index in [9.17, 15) is 0 Å². The topological polar surface area (TPSA) is 3.24 Å². The third-order valence-electron chi connectivity index (χ3n) is 3.22. The fourth-order valence-electron chi connectivity index (χ4n) is 1.22. The molecule has 0 saturated heterocycles. The lowest BCUT2D eigenvalue weighted by Crippen LogP contribution is -2.34.